The lowest BCUT2D eigenvalue weighted by molar-refractivity contribution is 0.0616. The predicted octanol–water partition coefficient (Wildman–Crippen LogP) is 5.32. The largest absolute Gasteiger partial charge is 0.371 e. The van der Waals surface area contributed by atoms with Gasteiger partial charge in [-0.25, -0.2) is 4.68 Å². The van der Waals surface area contributed by atoms with E-state index in [1.807, 2.05) is 43.3 Å². The minimum atomic E-state index is -0.502. The number of rotatable bonds is 4. The summed E-state index contributed by atoms with van der Waals surface area (Å²) in [5.74, 6) is -1.00. The second-order valence-electron chi connectivity index (χ2n) is 9.80. The fourth-order valence-electron chi connectivity index (χ4n) is 5.45. The van der Waals surface area contributed by atoms with Crippen LogP contribution in [0.4, 0.5) is 5.69 Å². The number of nitrogens with one attached hydrogen (secondary N) is 1. The second-order valence-corrected chi connectivity index (χ2v) is 10.7. The average molecular weight is 572 g/mol. The highest BCUT2D eigenvalue weighted by molar-refractivity contribution is 9.10. The Morgan fingerprint density at radius 2 is 1.61 bits per heavy atom. The molecule has 0 unspecified atom stereocenters. The number of hydrogen-bond acceptors (Lipinski definition) is 5. The highest BCUT2D eigenvalue weighted by atomic mass is 79.9. The van der Waals surface area contributed by atoms with Gasteiger partial charge in [0.2, 0.25) is 0 Å². The van der Waals surface area contributed by atoms with Crippen molar-refractivity contribution < 1.29 is 9.59 Å². The normalized spacial score (nSPS) is 15.8. The van der Waals surface area contributed by atoms with Crippen LogP contribution in [0.15, 0.2) is 62.9 Å². The van der Waals surface area contributed by atoms with Crippen molar-refractivity contribution in [3.05, 3.63) is 91.3 Å². The number of carbonyl (C=O) groups excluding carboxylic acids is 2. The summed E-state index contributed by atoms with van der Waals surface area (Å²) in [5, 5.41) is 9.74. The van der Waals surface area contributed by atoms with Gasteiger partial charge >= 0.3 is 0 Å². The number of piperidine rings is 1. The van der Waals surface area contributed by atoms with E-state index in [0.717, 1.165) is 52.0 Å². The van der Waals surface area contributed by atoms with Crippen molar-refractivity contribution in [2.75, 3.05) is 18.0 Å². The number of anilines is 1. The van der Waals surface area contributed by atoms with Crippen molar-refractivity contribution in [2.45, 2.75) is 33.1 Å². The van der Waals surface area contributed by atoms with Gasteiger partial charge in [-0.2, -0.15) is 10.1 Å². The van der Waals surface area contributed by atoms with E-state index >= 15 is 0 Å². The summed E-state index contributed by atoms with van der Waals surface area (Å²) >= 11 is 3.44. The topological polar surface area (TPSA) is 90.8 Å². The van der Waals surface area contributed by atoms with E-state index in [4.69, 9.17) is 0 Å². The first-order valence-corrected chi connectivity index (χ1v) is 13.5. The lowest BCUT2D eigenvalue weighted by atomic mass is 9.93. The third kappa shape index (κ3) is 3.89. The van der Waals surface area contributed by atoms with Crippen LogP contribution in [-0.2, 0) is 0 Å². The van der Waals surface area contributed by atoms with Crippen LogP contribution in [-0.4, -0.2) is 45.9 Å². The van der Waals surface area contributed by atoms with E-state index < -0.39 is 11.8 Å². The van der Waals surface area contributed by atoms with E-state index in [0.29, 0.717) is 27.9 Å². The summed E-state index contributed by atoms with van der Waals surface area (Å²) < 4.78 is 2.36. The Labute approximate surface area is 227 Å². The number of benzene rings is 3. The molecular weight excluding hydrogens is 546 g/mol. The van der Waals surface area contributed by atoms with Crippen LogP contribution < -0.4 is 10.5 Å². The third-order valence-corrected chi connectivity index (χ3v) is 7.87. The van der Waals surface area contributed by atoms with Crippen LogP contribution in [0.2, 0.25) is 0 Å². The lowest BCUT2D eigenvalue weighted by Crippen LogP contribution is -2.37. The molecule has 1 aromatic heterocycles. The van der Waals surface area contributed by atoms with E-state index in [1.54, 1.807) is 19.1 Å². The summed E-state index contributed by atoms with van der Waals surface area (Å²) in [5.41, 5.74) is 4.06. The first-order chi connectivity index (χ1) is 18.3. The third-order valence-electron chi connectivity index (χ3n) is 7.38. The highest BCUT2D eigenvalue weighted by Gasteiger charge is 2.34. The van der Waals surface area contributed by atoms with Gasteiger partial charge in [0, 0.05) is 39.7 Å². The summed E-state index contributed by atoms with van der Waals surface area (Å²) in [7, 11) is 0. The smallest absolute Gasteiger partial charge is 0.282 e. The molecule has 2 amide bonds. The monoisotopic (exact) mass is 571 g/mol. The Kier molecular flexibility index (Phi) is 6.03. The van der Waals surface area contributed by atoms with E-state index in [-0.39, 0.29) is 11.1 Å². The molecule has 38 heavy (non-hydrogen) atoms. The van der Waals surface area contributed by atoms with Crippen molar-refractivity contribution in [1.29, 1.82) is 0 Å². The van der Waals surface area contributed by atoms with Crippen molar-refractivity contribution in [1.82, 2.24) is 14.8 Å². The molecule has 0 atom stereocenters. The van der Waals surface area contributed by atoms with Gasteiger partial charge in [-0.05, 0) is 75.1 Å². The van der Waals surface area contributed by atoms with Gasteiger partial charge in [-0.1, -0.05) is 28.1 Å². The molecule has 0 radical (unpaired) electrons. The number of aromatic amines is 1. The number of halogens is 1. The molecule has 9 heteroatoms. The number of carbonyl (C=O) groups is 2. The maximum Gasteiger partial charge on any atom is 0.282 e. The first-order valence-electron chi connectivity index (χ1n) is 12.7. The first kappa shape index (κ1) is 24.4. The minimum Gasteiger partial charge on any atom is -0.371 e. The zero-order chi connectivity index (χ0) is 26.6. The molecule has 2 aliphatic heterocycles. The average Bonchev–Trinajstić information content (AvgIpc) is 3.20. The molecule has 0 aliphatic carbocycles. The maximum absolute atomic E-state index is 13.5. The van der Waals surface area contributed by atoms with Gasteiger partial charge in [0.1, 0.15) is 0 Å². The van der Waals surface area contributed by atoms with Gasteiger partial charge in [-0.15, -0.1) is 0 Å². The van der Waals surface area contributed by atoms with Gasteiger partial charge in [0.15, 0.2) is 0 Å². The lowest BCUT2D eigenvalue weighted by Gasteiger charge is -2.31. The number of hydrogen-bond donors (Lipinski definition) is 1. The molecule has 4 aromatic rings. The zero-order valence-corrected chi connectivity index (χ0v) is 22.7. The number of hydrazone groups is 1. The zero-order valence-electron chi connectivity index (χ0n) is 21.1. The number of H-pyrrole nitrogens is 1. The fraction of sp³-hybridized carbons (Fsp3) is 0.241. The number of amides is 2. The SMILES string of the molecule is Cc1cc(Br)ccc1-n1[nH]c(C)c(C=NN2C(=O)c3cccc4c(N5CCCCC5)ccc(c34)C2=O)c1=O. The highest BCUT2D eigenvalue weighted by Crippen LogP contribution is 2.37. The number of aryl methyl sites for hydroxylation is 2. The Morgan fingerprint density at radius 1 is 0.895 bits per heavy atom. The summed E-state index contributed by atoms with van der Waals surface area (Å²) in [4.78, 5) is 42.5. The number of nitrogens with zero attached hydrogens (tertiary/aromatic N) is 4. The van der Waals surface area contributed by atoms with Gasteiger partial charge in [0.25, 0.3) is 17.4 Å². The summed E-state index contributed by atoms with van der Waals surface area (Å²) in [6, 6.07) is 14.9. The molecule has 0 saturated carbocycles. The molecule has 8 nitrogen and oxygen atoms in total. The van der Waals surface area contributed by atoms with Crippen molar-refractivity contribution in [3.8, 4) is 5.69 Å². The molecule has 1 N–H and O–H groups in total. The van der Waals surface area contributed by atoms with Crippen LogP contribution in [0.5, 0.6) is 0 Å². The van der Waals surface area contributed by atoms with Crippen molar-refractivity contribution >= 4 is 50.4 Å². The molecular formula is C29H26BrN5O3. The summed E-state index contributed by atoms with van der Waals surface area (Å²) in [6.45, 7) is 5.59. The Hall–Kier alpha value is -3.98. The van der Waals surface area contributed by atoms with Gasteiger partial charge in [-0.3, -0.25) is 19.5 Å². The van der Waals surface area contributed by atoms with Gasteiger partial charge < -0.3 is 4.90 Å². The predicted molar refractivity (Wildman–Crippen MR) is 152 cm³/mol. The van der Waals surface area contributed by atoms with Crippen LogP contribution in [0.1, 0.15) is 56.8 Å². The Morgan fingerprint density at radius 3 is 2.34 bits per heavy atom. The number of aromatic nitrogens is 2. The van der Waals surface area contributed by atoms with Crippen LogP contribution >= 0.6 is 15.9 Å². The molecule has 3 aromatic carbocycles. The second kappa shape index (κ2) is 9.40. The van der Waals surface area contributed by atoms with Crippen LogP contribution in [0.25, 0.3) is 16.5 Å². The van der Waals surface area contributed by atoms with E-state index in [2.05, 4.69) is 31.0 Å². The molecule has 2 aliphatic rings. The molecule has 0 bridgehead atoms. The quantitative estimate of drug-likeness (QED) is 0.265. The molecule has 0 spiro atoms. The summed E-state index contributed by atoms with van der Waals surface area (Å²) in [6.07, 6.45) is 4.77. The van der Waals surface area contributed by atoms with Crippen LogP contribution in [0.3, 0.4) is 0 Å². The van der Waals surface area contributed by atoms with E-state index in [9.17, 15) is 14.4 Å². The Bertz CT molecular complexity index is 1690. The van der Waals surface area contributed by atoms with Crippen LogP contribution in [0, 0.1) is 13.8 Å². The molecule has 6 rings (SSSR count). The van der Waals surface area contributed by atoms with Crippen molar-refractivity contribution in [2.24, 2.45) is 5.10 Å². The van der Waals surface area contributed by atoms with Gasteiger partial charge in [0.05, 0.1) is 28.6 Å². The number of imide groups is 1. The minimum absolute atomic E-state index is 0.275. The Balaban J connectivity index is 1.37. The molecule has 1 saturated heterocycles. The van der Waals surface area contributed by atoms with Crippen molar-refractivity contribution in [3.63, 3.8) is 0 Å². The molecule has 1 fully saturated rings. The fourth-order valence-corrected chi connectivity index (χ4v) is 5.93. The molecule has 3 heterocycles. The molecule has 192 valence electrons. The standard InChI is InChI=1S/C29H26BrN5O3/c1-17-15-19(30)9-11-24(17)34-29(38)23(18(2)32-34)16-31-35-27(36)21-8-6-7-20-25(33-13-4-3-5-14-33)12-10-22(26(20)21)28(35)37/h6-12,15-16,32H,3-5,13-14H2,1-2H3. The maximum atomic E-state index is 13.5. The van der Waals surface area contributed by atoms with E-state index in [1.165, 1.54) is 17.3 Å².